The molecule has 0 bridgehead atoms. The molecule has 0 aliphatic rings. The molecule has 0 aromatic heterocycles. The molecule has 0 saturated carbocycles. The fourth-order valence-corrected chi connectivity index (χ4v) is 2.06. The number of benzene rings is 1. The van der Waals surface area contributed by atoms with E-state index in [0.717, 1.165) is 25.1 Å². The van der Waals surface area contributed by atoms with Gasteiger partial charge in [-0.15, -0.1) is 0 Å². The summed E-state index contributed by atoms with van der Waals surface area (Å²) in [6.07, 6.45) is 0.728. The number of likely N-dealkylation sites (N-methyl/N-ethyl adjacent to an activating group) is 1. The molecule has 19 heavy (non-hydrogen) atoms. The van der Waals surface area contributed by atoms with E-state index in [1.165, 1.54) is 0 Å². The van der Waals surface area contributed by atoms with Gasteiger partial charge in [0.2, 0.25) is 0 Å². The summed E-state index contributed by atoms with van der Waals surface area (Å²) in [7, 11) is 0. The summed E-state index contributed by atoms with van der Waals surface area (Å²) < 4.78 is 0. The monoisotopic (exact) mass is 265 g/mol. The first-order valence-electron chi connectivity index (χ1n) is 6.58. The molecule has 0 heterocycles. The van der Waals surface area contributed by atoms with E-state index in [-0.39, 0.29) is 18.4 Å². The van der Waals surface area contributed by atoms with Gasteiger partial charge in [-0.25, -0.2) is 0 Å². The fraction of sp³-hybridized carbons (Fsp3) is 0.500. The number of nitrogens with zero attached hydrogens (tertiary/aromatic N) is 2. The van der Waals surface area contributed by atoms with Gasteiger partial charge >= 0.3 is 0 Å². The average Bonchev–Trinajstić information content (AvgIpc) is 2.48. The maximum atomic E-state index is 8.93. The maximum Gasteiger partial charge on any atom is 0.147 e. The van der Waals surface area contributed by atoms with E-state index in [9.17, 15) is 0 Å². The van der Waals surface area contributed by atoms with Gasteiger partial charge in [-0.1, -0.05) is 42.4 Å². The second-order valence-electron chi connectivity index (χ2n) is 4.46. The number of nitrogens with two attached hydrogens (primary N) is 1. The predicted octanol–water partition coefficient (Wildman–Crippen LogP) is 1.22. The molecule has 0 radical (unpaired) electrons. The molecule has 0 aliphatic heterocycles. The summed E-state index contributed by atoms with van der Waals surface area (Å²) in [5.41, 5.74) is 6.83. The molecule has 0 amide bonds. The highest BCUT2D eigenvalue weighted by atomic mass is 16.4. The Kier molecular flexibility index (Phi) is 6.92. The van der Waals surface area contributed by atoms with Gasteiger partial charge in [-0.3, -0.25) is 0 Å². The lowest BCUT2D eigenvalue weighted by Crippen LogP contribution is -2.35. The third-order valence-electron chi connectivity index (χ3n) is 3.19. The van der Waals surface area contributed by atoms with Crippen LogP contribution in [0.3, 0.4) is 0 Å². The summed E-state index contributed by atoms with van der Waals surface area (Å²) in [5, 5.41) is 21.0. The summed E-state index contributed by atoms with van der Waals surface area (Å²) in [5.74, 6) is 0.0819. The molecule has 1 atom stereocenters. The zero-order valence-corrected chi connectivity index (χ0v) is 11.4. The smallest absolute Gasteiger partial charge is 0.147 e. The molecule has 1 unspecified atom stereocenters. The largest absolute Gasteiger partial charge is 0.409 e. The van der Waals surface area contributed by atoms with Gasteiger partial charge in [0.1, 0.15) is 5.84 Å². The normalized spacial score (nSPS) is 13.7. The van der Waals surface area contributed by atoms with Gasteiger partial charge < -0.3 is 20.9 Å². The van der Waals surface area contributed by atoms with Gasteiger partial charge in [0, 0.05) is 19.7 Å². The van der Waals surface area contributed by atoms with Crippen molar-refractivity contribution in [3.63, 3.8) is 0 Å². The number of aliphatic hydroxyl groups excluding tert-OH is 1. The molecular weight excluding hydrogens is 242 g/mol. The molecule has 1 aromatic carbocycles. The minimum Gasteiger partial charge on any atom is -0.409 e. The lowest BCUT2D eigenvalue weighted by atomic mass is 9.97. The second kappa shape index (κ2) is 8.50. The van der Waals surface area contributed by atoms with Crippen molar-refractivity contribution >= 4 is 5.84 Å². The van der Waals surface area contributed by atoms with Crippen molar-refractivity contribution in [3.05, 3.63) is 35.9 Å². The van der Waals surface area contributed by atoms with E-state index in [0.29, 0.717) is 6.54 Å². The first-order chi connectivity index (χ1) is 9.22. The van der Waals surface area contributed by atoms with Gasteiger partial charge in [-0.05, 0) is 18.5 Å². The van der Waals surface area contributed by atoms with Gasteiger partial charge in [-0.2, -0.15) is 0 Å². The summed E-state index contributed by atoms with van der Waals surface area (Å²) >= 11 is 0. The van der Waals surface area contributed by atoms with Crippen LogP contribution in [0.15, 0.2) is 35.5 Å². The van der Waals surface area contributed by atoms with Crippen LogP contribution >= 0.6 is 0 Å². The molecule has 106 valence electrons. The van der Waals surface area contributed by atoms with Crippen molar-refractivity contribution in [2.24, 2.45) is 10.9 Å². The number of hydrogen-bond acceptors (Lipinski definition) is 4. The van der Waals surface area contributed by atoms with Gasteiger partial charge in [0.15, 0.2) is 0 Å². The van der Waals surface area contributed by atoms with E-state index in [1.807, 2.05) is 30.3 Å². The molecule has 0 saturated heterocycles. The van der Waals surface area contributed by atoms with Crippen LogP contribution in [0, 0.1) is 0 Å². The molecule has 0 fully saturated rings. The molecule has 4 N–H and O–H groups in total. The lowest BCUT2D eigenvalue weighted by Gasteiger charge is -2.25. The SMILES string of the molecule is CCN(CCCO)CC(/C(N)=N/O)c1ccccc1. The van der Waals surface area contributed by atoms with Crippen LogP contribution in [-0.4, -0.2) is 47.3 Å². The minimum atomic E-state index is -0.134. The summed E-state index contributed by atoms with van der Waals surface area (Å²) in [6.45, 7) is 4.58. The summed E-state index contributed by atoms with van der Waals surface area (Å²) in [6, 6.07) is 9.77. The van der Waals surface area contributed by atoms with Crippen molar-refractivity contribution < 1.29 is 10.3 Å². The Labute approximate surface area is 114 Å². The number of rotatable bonds is 8. The third-order valence-corrected chi connectivity index (χ3v) is 3.19. The zero-order chi connectivity index (χ0) is 14.1. The highest BCUT2D eigenvalue weighted by molar-refractivity contribution is 5.87. The summed E-state index contributed by atoms with van der Waals surface area (Å²) in [4.78, 5) is 2.19. The van der Waals surface area contributed by atoms with Crippen LogP contribution < -0.4 is 5.73 Å². The van der Waals surface area contributed by atoms with Crippen LogP contribution in [0.5, 0.6) is 0 Å². The number of oxime groups is 1. The molecule has 5 nitrogen and oxygen atoms in total. The number of aliphatic hydroxyl groups is 1. The first kappa shape index (κ1) is 15.5. The Balaban J connectivity index is 2.80. The van der Waals surface area contributed by atoms with Crippen LogP contribution in [-0.2, 0) is 0 Å². The van der Waals surface area contributed by atoms with Gasteiger partial charge in [0.25, 0.3) is 0 Å². The molecule has 0 aliphatic carbocycles. The standard InChI is InChI=1S/C14H23N3O2/c1-2-17(9-6-10-18)11-13(14(15)16-19)12-7-4-3-5-8-12/h3-5,7-8,13,18-19H,2,6,9-11H2,1H3,(H2,15,16). The van der Waals surface area contributed by atoms with E-state index in [4.69, 9.17) is 16.0 Å². The minimum absolute atomic E-state index is 0.134. The van der Waals surface area contributed by atoms with E-state index in [1.54, 1.807) is 0 Å². The fourth-order valence-electron chi connectivity index (χ4n) is 2.06. The Bertz CT molecular complexity index is 382. The lowest BCUT2D eigenvalue weighted by molar-refractivity contribution is 0.227. The maximum absolute atomic E-state index is 8.93. The van der Waals surface area contributed by atoms with Crippen LogP contribution in [0.2, 0.25) is 0 Å². The van der Waals surface area contributed by atoms with E-state index in [2.05, 4.69) is 17.0 Å². The highest BCUT2D eigenvalue weighted by Crippen LogP contribution is 2.17. The van der Waals surface area contributed by atoms with Crippen molar-refractivity contribution in [1.82, 2.24) is 4.90 Å². The van der Waals surface area contributed by atoms with Crippen molar-refractivity contribution in [2.45, 2.75) is 19.3 Å². The van der Waals surface area contributed by atoms with Crippen molar-refractivity contribution in [1.29, 1.82) is 0 Å². The molecule has 1 rings (SSSR count). The van der Waals surface area contributed by atoms with E-state index >= 15 is 0 Å². The Morgan fingerprint density at radius 1 is 1.37 bits per heavy atom. The van der Waals surface area contributed by atoms with Crippen LogP contribution in [0.25, 0.3) is 0 Å². The Hall–Kier alpha value is -1.59. The number of hydrogen-bond donors (Lipinski definition) is 3. The second-order valence-corrected chi connectivity index (χ2v) is 4.46. The van der Waals surface area contributed by atoms with E-state index < -0.39 is 0 Å². The molecule has 0 spiro atoms. The quantitative estimate of drug-likeness (QED) is 0.286. The zero-order valence-electron chi connectivity index (χ0n) is 11.4. The first-order valence-corrected chi connectivity index (χ1v) is 6.58. The van der Waals surface area contributed by atoms with Crippen LogP contribution in [0.1, 0.15) is 24.8 Å². The van der Waals surface area contributed by atoms with Crippen molar-refractivity contribution in [2.75, 3.05) is 26.2 Å². The Morgan fingerprint density at radius 3 is 2.58 bits per heavy atom. The molecule has 1 aromatic rings. The third kappa shape index (κ3) is 4.89. The van der Waals surface area contributed by atoms with Crippen molar-refractivity contribution in [3.8, 4) is 0 Å². The molecular formula is C14H23N3O2. The molecule has 5 heteroatoms. The topological polar surface area (TPSA) is 82.1 Å². The highest BCUT2D eigenvalue weighted by Gasteiger charge is 2.19. The van der Waals surface area contributed by atoms with Crippen LogP contribution in [0.4, 0.5) is 0 Å². The Morgan fingerprint density at radius 2 is 2.05 bits per heavy atom. The van der Waals surface area contributed by atoms with Gasteiger partial charge in [0.05, 0.1) is 5.92 Å². The average molecular weight is 265 g/mol. The predicted molar refractivity (Wildman–Crippen MR) is 76.4 cm³/mol. The number of amidine groups is 1.